The predicted molar refractivity (Wildman–Crippen MR) is 134 cm³/mol. The molecule has 0 saturated carbocycles. The molecule has 0 spiro atoms. The molecule has 0 aromatic heterocycles. The third kappa shape index (κ3) is 7.43. The zero-order valence-corrected chi connectivity index (χ0v) is 20.0. The number of unbranched alkanes of at least 4 members (excludes halogenated alkanes) is 3. The molecule has 0 aliphatic heterocycles. The van der Waals surface area contributed by atoms with Gasteiger partial charge in [0, 0.05) is 11.1 Å². The van der Waals surface area contributed by atoms with Gasteiger partial charge in [0.25, 0.3) is 11.8 Å². The number of hydrogen-bond acceptors (Lipinski definition) is 5. The fraction of sp³-hybridized carbons (Fsp3) is 0.250. The van der Waals surface area contributed by atoms with E-state index in [0.29, 0.717) is 16.7 Å². The summed E-state index contributed by atoms with van der Waals surface area (Å²) < 4.78 is 10.4. The third-order valence-corrected chi connectivity index (χ3v) is 5.46. The van der Waals surface area contributed by atoms with Crippen molar-refractivity contribution in [2.45, 2.75) is 32.6 Å². The van der Waals surface area contributed by atoms with Crippen LogP contribution < -0.4 is 15.6 Å². The second-order valence-corrected chi connectivity index (χ2v) is 7.99. The van der Waals surface area contributed by atoms with Crippen molar-refractivity contribution in [1.82, 2.24) is 10.9 Å². The van der Waals surface area contributed by atoms with Gasteiger partial charge in [0.15, 0.2) is 0 Å². The normalized spacial score (nSPS) is 10.3. The number of hydrogen-bond donors (Lipinski definition) is 2. The summed E-state index contributed by atoms with van der Waals surface area (Å²) in [4.78, 5) is 36.2. The number of nitrogens with one attached hydrogen (secondary N) is 2. The maximum absolute atomic E-state index is 12.4. The highest BCUT2D eigenvalue weighted by Crippen LogP contribution is 2.23. The van der Waals surface area contributed by atoms with Gasteiger partial charge in [-0.15, -0.1) is 0 Å². The average Bonchev–Trinajstić information content (AvgIpc) is 2.91. The summed E-state index contributed by atoms with van der Waals surface area (Å²) in [5.74, 6) is -0.588. The van der Waals surface area contributed by atoms with Crippen molar-refractivity contribution >= 4 is 17.8 Å². The third-order valence-electron chi connectivity index (χ3n) is 5.46. The van der Waals surface area contributed by atoms with Crippen LogP contribution in [-0.2, 0) is 4.74 Å². The van der Waals surface area contributed by atoms with E-state index >= 15 is 0 Å². The lowest BCUT2D eigenvalue weighted by molar-refractivity contribution is 0.0600. The first kappa shape index (κ1) is 25.5. The summed E-state index contributed by atoms with van der Waals surface area (Å²) in [6, 6.07) is 20.9. The highest BCUT2D eigenvalue weighted by Gasteiger charge is 2.11. The van der Waals surface area contributed by atoms with Gasteiger partial charge in [0.2, 0.25) is 0 Å². The molecule has 0 aliphatic carbocycles. The Hall–Kier alpha value is -4.13. The molecule has 0 heterocycles. The van der Waals surface area contributed by atoms with Gasteiger partial charge >= 0.3 is 5.97 Å². The van der Waals surface area contributed by atoms with Gasteiger partial charge in [-0.25, -0.2) is 4.79 Å². The number of rotatable bonds is 10. The predicted octanol–water partition coefficient (Wildman–Crippen LogP) is 5.17. The van der Waals surface area contributed by atoms with Gasteiger partial charge in [0.05, 0.1) is 19.3 Å². The Morgan fingerprint density at radius 3 is 1.66 bits per heavy atom. The minimum absolute atomic E-state index is 0.293. The molecule has 3 aromatic rings. The Balaban J connectivity index is 1.50. The van der Waals surface area contributed by atoms with E-state index in [1.165, 1.54) is 50.6 Å². The highest BCUT2D eigenvalue weighted by atomic mass is 16.5. The Morgan fingerprint density at radius 2 is 1.14 bits per heavy atom. The van der Waals surface area contributed by atoms with E-state index in [-0.39, 0.29) is 0 Å². The number of esters is 1. The van der Waals surface area contributed by atoms with Gasteiger partial charge in [-0.3, -0.25) is 20.4 Å². The van der Waals surface area contributed by atoms with E-state index in [1.807, 2.05) is 36.4 Å². The fourth-order valence-electron chi connectivity index (χ4n) is 3.41. The van der Waals surface area contributed by atoms with Crippen molar-refractivity contribution in [3.8, 4) is 16.9 Å². The first-order valence-corrected chi connectivity index (χ1v) is 11.6. The summed E-state index contributed by atoms with van der Waals surface area (Å²) in [6.07, 6.45) is 4.68. The number of carbonyl (C=O) groups excluding carboxylic acids is 3. The smallest absolute Gasteiger partial charge is 0.337 e. The van der Waals surface area contributed by atoms with E-state index in [2.05, 4.69) is 22.5 Å². The lowest BCUT2D eigenvalue weighted by Gasteiger charge is -2.09. The summed E-state index contributed by atoms with van der Waals surface area (Å²) in [7, 11) is 1.28. The van der Waals surface area contributed by atoms with E-state index in [4.69, 9.17) is 4.74 Å². The number of amides is 2. The van der Waals surface area contributed by atoms with Crippen molar-refractivity contribution in [1.29, 1.82) is 0 Å². The van der Waals surface area contributed by atoms with Gasteiger partial charge in [-0.05, 0) is 66.1 Å². The van der Waals surface area contributed by atoms with E-state index < -0.39 is 17.8 Å². The van der Waals surface area contributed by atoms with E-state index in [1.54, 1.807) is 12.1 Å². The molecule has 3 rings (SSSR count). The first-order chi connectivity index (χ1) is 17.0. The van der Waals surface area contributed by atoms with Crippen molar-refractivity contribution < 1.29 is 23.9 Å². The summed E-state index contributed by atoms with van der Waals surface area (Å²) in [5.41, 5.74) is 7.78. The minimum atomic E-state index is -0.501. The summed E-state index contributed by atoms with van der Waals surface area (Å²) >= 11 is 0. The zero-order chi connectivity index (χ0) is 25.0. The number of benzene rings is 3. The molecule has 182 valence electrons. The van der Waals surface area contributed by atoms with Crippen LogP contribution in [0.2, 0.25) is 0 Å². The molecule has 2 amide bonds. The molecular formula is C28H30N2O5. The Morgan fingerprint density at radius 1 is 0.657 bits per heavy atom. The quantitative estimate of drug-likeness (QED) is 0.240. The molecule has 3 aromatic carbocycles. The lowest BCUT2D eigenvalue weighted by Crippen LogP contribution is -2.41. The van der Waals surface area contributed by atoms with E-state index in [9.17, 15) is 14.4 Å². The molecule has 0 aliphatic rings. The second kappa shape index (κ2) is 12.9. The number of methoxy groups -OCH3 is 1. The molecule has 7 heteroatoms. The summed E-state index contributed by atoms with van der Waals surface area (Å²) in [5, 5.41) is 0. The maximum atomic E-state index is 12.4. The van der Waals surface area contributed by atoms with Crippen LogP contribution in [0, 0.1) is 0 Å². The molecule has 2 N–H and O–H groups in total. The Kier molecular flexibility index (Phi) is 9.42. The van der Waals surface area contributed by atoms with E-state index in [0.717, 1.165) is 29.9 Å². The molecular weight excluding hydrogens is 444 g/mol. The average molecular weight is 475 g/mol. The number of carbonyl (C=O) groups is 3. The van der Waals surface area contributed by atoms with Crippen LogP contribution in [0.25, 0.3) is 11.1 Å². The largest absolute Gasteiger partial charge is 0.494 e. The number of ether oxygens (including phenoxy) is 2. The van der Waals surface area contributed by atoms with Gasteiger partial charge in [-0.2, -0.15) is 0 Å². The van der Waals surface area contributed by atoms with Crippen LogP contribution in [0.15, 0.2) is 72.8 Å². The number of hydrazine groups is 1. The van der Waals surface area contributed by atoms with Crippen LogP contribution in [0.4, 0.5) is 0 Å². The highest BCUT2D eigenvalue weighted by molar-refractivity contribution is 6.00. The van der Waals surface area contributed by atoms with Crippen LogP contribution in [-0.4, -0.2) is 31.5 Å². The molecule has 0 atom stereocenters. The first-order valence-electron chi connectivity index (χ1n) is 11.6. The second-order valence-electron chi connectivity index (χ2n) is 7.99. The molecule has 35 heavy (non-hydrogen) atoms. The minimum Gasteiger partial charge on any atom is -0.494 e. The van der Waals surface area contributed by atoms with Crippen LogP contribution in [0.5, 0.6) is 5.75 Å². The van der Waals surface area contributed by atoms with Gasteiger partial charge < -0.3 is 9.47 Å². The summed E-state index contributed by atoms with van der Waals surface area (Å²) in [6.45, 7) is 2.91. The molecule has 0 unspecified atom stereocenters. The van der Waals surface area contributed by atoms with Crippen LogP contribution >= 0.6 is 0 Å². The molecule has 0 bridgehead atoms. The molecule has 0 saturated heterocycles. The Labute approximate surface area is 205 Å². The van der Waals surface area contributed by atoms with Crippen molar-refractivity contribution in [2.75, 3.05) is 13.7 Å². The maximum Gasteiger partial charge on any atom is 0.337 e. The lowest BCUT2D eigenvalue weighted by atomic mass is 10.0. The molecule has 7 nitrogen and oxygen atoms in total. The fourth-order valence-corrected chi connectivity index (χ4v) is 3.41. The Bertz CT molecular complexity index is 1120. The van der Waals surface area contributed by atoms with Gasteiger partial charge in [0.1, 0.15) is 5.75 Å². The topological polar surface area (TPSA) is 93.7 Å². The van der Waals surface area contributed by atoms with Crippen LogP contribution in [0.1, 0.15) is 63.7 Å². The van der Waals surface area contributed by atoms with Crippen LogP contribution in [0.3, 0.4) is 0 Å². The molecule has 0 radical (unpaired) electrons. The molecule has 0 fully saturated rings. The van der Waals surface area contributed by atoms with Crippen molar-refractivity contribution in [2.24, 2.45) is 0 Å². The van der Waals surface area contributed by atoms with Crippen molar-refractivity contribution in [3.05, 3.63) is 89.5 Å². The monoisotopic (exact) mass is 474 g/mol. The SMILES string of the molecule is CCCCCCOc1ccc(-c2ccc(C(=O)NNC(=O)c3ccc(C(=O)OC)cc3)cc2)cc1. The standard InChI is InChI=1S/C28H30N2O5/c1-3-4-5-6-19-35-25-17-15-21(16-18-25)20-7-9-22(10-8-20)26(31)29-30-27(32)23-11-13-24(14-12-23)28(33)34-2/h7-18H,3-6,19H2,1-2H3,(H,29,31)(H,30,32). The zero-order valence-electron chi connectivity index (χ0n) is 20.0. The van der Waals surface area contributed by atoms with Crippen molar-refractivity contribution in [3.63, 3.8) is 0 Å². The van der Waals surface area contributed by atoms with Gasteiger partial charge in [-0.1, -0.05) is 50.5 Å².